The number of ether oxygens (including phenoxy) is 3. The van der Waals surface area contributed by atoms with E-state index in [4.69, 9.17) is 14.2 Å². The lowest BCUT2D eigenvalue weighted by Crippen LogP contribution is -2.62. The number of benzene rings is 1. The lowest BCUT2D eigenvalue weighted by Gasteiger charge is -2.52. The van der Waals surface area contributed by atoms with Gasteiger partial charge in [0.05, 0.1) is 27.4 Å². The van der Waals surface area contributed by atoms with Crippen molar-refractivity contribution < 1.29 is 14.2 Å². The summed E-state index contributed by atoms with van der Waals surface area (Å²) in [6.07, 6.45) is 0. The number of hydrogen-bond acceptors (Lipinski definition) is 4. The molecule has 104 valence electrons. The first-order valence-corrected chi connectivity index (χ1v) is 6.73. The third kappa shape index (κ3) is 1.82. The zero-order valence-corrected chi connectivity index (χ0v) is 11.8. The summed E-state index contributed by atoms with van der Waals surface area (Å²) in [5, 5.41) is 3.36. The Morgan fingerprint density at radius 2 is 1.79 bits per heavy atom. The molecule has 1 aromatic carbocycles. The molecule has 0 radical (unpaired) electrons. The normalized spacial score (nSPS) is 21.4. The standard InChI is InChI=1S/C15H21NO3/c1-10-4-13(17-2)14(18-3)5-12(10)15(8-19-9-15)11-6-16-7-11/h4-5,11,16H,6-9H2,1-3H3. The van der Waals surface area contributed by atoms with Gasteiger partial charge in [-0.2, -0.15) is 0 Å². The maximum absolute atomic E-state index is 5.53. The van der Waals surface area contributed by atoms with Crippen LogP contribution in [0.2, 0.25) is 0 Å². The lowest BCUT2D eigenvalue weighted by molar-refractivity contribution is -0.101. The van der Waals surface area contributed by atoms with Gasteiger partial charge in [-0.1, -0.05) is 0 Å². The van der Waals surface area contributed by atoms with E-state index in [1.54, 1.807) is 14.2 Å². The molecule has 2 saturated heterocycles. The molecule has 0 aromatic heterocycles. The van der Waals surface area contributed by atoms with Gasteiger partial charge in [0.15, 0.2) is 11.5 Å². The first kappa shape index (κ1) is 12.8. The van der Waals surface area contributed by atoms with Crippen molar-refractivity contribution in [1.29, 1.82) is 0 Å². The smallest absolute Gasteiger partial charge is 0.161 e. The second-order valence-electron chi connectivity index (χ2n) is 5.53. The highest BCUT2D eigenvalue weighted by atomic mass is 16.5. The third-order valence-electron chi connectivity index (χ3n) is 4.55. The number of methoxy groups -OCH3 is 2. The Kier molecular flexibility index (Phi) is 3.15. The van der Waals surface area contributed by atoms with E-state index in [0.717, 1.165) is 37.8 Å². The van der Waals surface area contributed by atoms with Crippen molar-refractivity contribution in [3.8, 4) is 11.5 Å². The number of hydrogen-bond donors (Lipinski definition) is 1. The van der Waals surface area contributed by atoms with E-state index in [9.17, 15) is 0 Å². The summed E-state index contributed by atoms with van der Waals surface area (Å²) < 4.78 is 16.3. The quantitative estimate of drug-likeness (QED) is 0.893. The molecule has 4 nitrogen and oxygen atoms in total. The summed E-state index contributed by atoms with van der Waals surface area (Å²) in [4.78, 5) is 0. The van der Waals surface area contributed by atoms with E-state index in [1.807, 2.05) is 0 Å². The van der Waals surface area contributed by atoms with E-state index >= 15 is 0 Å². The van der Waals surface area contributed by atoms with Crippen molar-refractivity contribution in [3.63, 3.8) is 0 Å². The number of rotatable bonds is 4. The average molecular weight is 263 g/mol. The van der Waals surface area contributed by atoms with E-state index in [2.05, 4.69) is 24.4 Å². The van der Waals surface area contributed by atoms with Gasteiger partial charge in [0, 0.05) is 18.5 Å². The summed E-state index contributed by atoms with van der Waals surface area (Å²) in [5.74, 6) is 2.27. The summed E-state index contributed by atoms with van der Waals surface area (Å²) in [6, 6.07) is 4.20. The molecule has 2 heterocycles. The fourth-order valence-corrected chi connectivity index (χ4v) is 3.13. The molecule has 2 aliphatic heterocycles. The molecule has 0 saturated carbocycles. The van der Waals surface area contributed by atoms with Crippen LogP contribution >= 0.6 is 0 Å². The Bertz CT molecular complexity index is 479. The maximum atomic E-state index is 5.53. The minimum Gasteiger partial charge on any atom is -0.493 e. The summed E-state index contributed by atoms with van der Waals surface area (Å²) in [7, 11) is 3.36. The molecule has 0 spiro atoms. The van der Waals surface area contributed by atoms with E-state index in [1.165, 1.54) is 11.1 Å². The van der Waals surface area contributed by atoms with Gasteiger partial charge in [0.25, 0.3) is 0 Å². The molecular formula is C15H21NO3. The predicted octanol–water partition coefficient (Wildman–Crippen LogP) is 1.50. The van der Waals surface area contributed by atoms with E-state index < -0.39 is 0 Å². The van der Waals surface area contributed by atoms with Crippen molar-refractivity contribution >= 4 is 0 Å². The van der Waals surface area contributed by atoms with Crippen molar-refractivity contribution in [2.45, 2.75) is 12.3 Å². The summed E-state index contributed by atoms with van der Waals surface area (Å²) in [5.41, 5.74) is 2.77. The molecule has 0 aliphatic carbocycles. The highest BCUT2D eigenvalue weighted by Gasteiger charge is 2.50. The molecule has 2 fully saturated rings. The molecule has 0 atom stereocenters. The number of nitrogens with one attached hydrogen (secondary N) is 1. The monoisotopic (exact) mass is 263 g/mol. The van der Waals surface area contributed by atoms with Gasteiger partial charge in [0.1, 0.15) is 0 Å². The number of aryl methyl sites for hydroxylation is 1. The average Bonchev–Trinajstić information content (AvgIpc) is 2.31. The van der Waals surface area contributed by atoms with Crippen molar-refractivity contribution in [3.05, 3.63) is 23.3 Å². The van der Waals surface area contributed by atoms with Crippen molar-refractivity contribution in [2.24, 2.45) is 5.92 Å². The van der Waals surface area contributed by atoms with Crippen molar-refractivity contribution in [2.75, 3.05) is 40.5 Å². The van der Waals surface area contributed by atoms with Gasteiger partial charge in [-0.25, -0.2) is 0 Å². The Balaban J connectivity index is 2.03. The highest BCUT2D eigenvalue weighted by Crippen LogP contribution is 2.45. The van der Waals surface area contributed by atoms with E-state index in [-0.39, 0.29) is 5.41 Å². The fourth-order valence-electron chi connectivity index (χ4n) is 3.13. The Morgan fingerprint density at radius 3 is 2.21 bits per heavy atom. The second-order valence-corrected chi connectivity index (χ2v) is 5.53. The molecule has 0 unspecified atom stereocenters. The molecule has 2 aliphatic rings. The molecule has 3 rings (SSSR count). The molecule has 1 aromatic rings. The zero-order valence-electron chi connectivity index (χ0n) is 11.8. The molecular weight excluding hydrogens is 242 g/mol. The first-order valence-electron chi connectivity index (χ1n) is 6.73. The second kappa shape index (κ2) is 4.69. The Hall–Kier alpha value is -1.26. The van der Waals surface area contributed by atoms with Crippen LogP contribution < -0.4 is 14.8 Å². The van der Waals surface area contributed by atoms with Crippen LogP contribution in [0.25, 0.3) is 0 Å². The highest BCUT2D eigenvalue weighted by molar-refractivity contribution is 5.50. The maximum Gasteiger partial charge on any atom is 0.161 e. The van der Waals surface area contributed by atoms with Crippen LogP contribution in [0.15, 0.2) is 12.1 Å². The molecule has 0 bridgehead atoms. The molecule has 19 heavy (non-hydrogen) atoms. The van der Waals surface area contributed by atoms with Gasteiger partial charge in [0.2, 0.25) is 0 Å². The van der Waals surface area contributed by atoms with Crippen LogP contribution in [0.5, 0.6) is 11.5 Å². The summed E-state index contributed by atoms with van der Waals surface area (Å²) in [6.45, 7) is 5.93. The van der Waals surface area contributed by atoms with E-state index in [0.29, 0.717) is 5.92 Å². The minimum absolute atomic E-state index is 0.162. The Morgan fingerprint density at radius 1 is 1.16 bits per heavy atom. The minimum atomic E-state index is 0.162. The van der Waals surface area contributed by atoms with Crippen LogP contribution in [-0.2, 0) is 10.2 Å². The molecule has 4 heteroatoms. The van der Waals surface area contributed by atoms with Crippen LogP contribution in [0.3, 0.4) is 0 Å². The topological polar surface area (TPSA) is 39.7 Å². The molecule has 1 N–H and O–H groups in total. The summed E-state index contributed by atoms with van der Waals surface area (Å²) >= 11 is 0. The van der Waals surface area contributed by atoms with Gasteiger partial charge in [-0.3, -0.25) is 0 Å². The predicted molar refractivity (Wildman–Crippen MR) is 73.1 cm³/mol. The van der Waals surface area contributed by atoms with Crippen LogP contribution in [0.1, 0.15) is 11.1 Å². The SMILES string of the molecule is COc1cc(C)c(C2(C3CNC3)COC2)cc1OC. The lowest BCUT2D eigenvalue weighted by atomic mass is 9.65. The largest absolute Gasteiger partial charge is 0.493 e. The third-order valence-corrected chi connectivity index (χ3v) is 4.55. The molecule has 0 amide bonds. The van der Waals surface area contributed by atoms with Crippen LogP contribution in [-0.4, -0.2) is 40.5 Å². The first-order chi connectivity index (χ1) is 9.21. The van der Waals surface area contributed by atoms with Crippen LogP contribution in [0.4, 0.5) is 0 Å². The van der Waals surface area contributed by atoms with Crippen LogP contribution in [0, 0.1) is 12.8 Å². The van der Waals surface area contributed by atoms with Gasteiger partial charge >= 0.3 is 0 Å². The van der Waals surface area contributed by atoms with Gasteiger partial charge in [-0.15, -0.1) is 0 Å². The zero-order chi connectivity index (χ0) is 13.5. The Labute approximate surface area is 114 Å². The van der Waals surface area contributed by atoms with Crippen molar-refractivity contribution in [1.82, 2.24) is 5.32 Å². The fraction of sp³-hybridized carbons (Fsp3) is 0.600. The van der Waals surface area contributed by atoms with Gasteiger partial charge in [-0.05, 0) is 36.1 Å². The van der Waals surface area contributed by atoms with Gasteiger partial charge < -0.3 is 19.5 Å².